The first-order valence-corrected chi connectivity index (χ1v) is 8.50. The summed E-state index contributed by atoms with van der Waals surface area (Å²) < 4.78 is 5.39. The molecule has 3 heteroatoms. The maximum Gasteiger partial charge on any atom is 0.224 e. The summed E-state index contributed by atoms with van der Waals surface area (Å²) >= 11 is 0. The SMILES string of the molecule is CCOc1ccc(NC(=O)CCc2ccc(C(C)(C)C)cc2)cc1. The van der Waals surface area contributed by atoms with Crippen LogP contribution in [-0.4, -0.2) is 12.5 Å². The number of rotatable bonds is 6. The third-order valence-electron chi connectivity index (χ3n) is 3.91. The van der Waals surface area contributed by atoms with E-state index in [0.717, 1.165) is 17.9 Å². The van der Waals surface area contributed by atoms with Gasteiger partial charge in [0.25, 0.3) is 0 Å². The zero-order valence-electron chi connectivity index (χ0n) is 15.1. The lowest BCUT2D eigenvalue weighted by Gasteiger charge is -2.19. The molecule has 0 heterocycles. The number of aryl methyl sites for hydroxylation is 1. The van der Waals surface area contributed by atoms with Crippen molar-refractivity contribution in [3.63, 3.8) is 0 Å². The maximum atomic E-state index is 12.1. The lowest BCUT2D eigenvalue weighted by molar-refractivity contribution is -0.116. The van der Waals surface area contributed by atoms with E-state index >= 15 is 0 Å². The van der Waals surface area contributed by atoms with Crippen molar-refractivity contribution in [3.8, 4) is 5.75 Å². The molecule has 0 aliphatic rings. The average Bonchev–Trinajstić information content (AvgIpc) is 2.55. The van der Waals surface area contributed by atoms with Gasteiger partial charge in [0, 0.05) is 12.1 Å². The van der Waals surface area contributed by atoms with Gasteiger partial charge in [-0.3, -0.25) is 4.79 Å². The molecule has 3 nitrogen and oxygen atoms in total. The molecular weight excluding hydrogens is 298 g/mol. The van der Waals surface area contributed by atoms with Crippen LogP contribution in [0.1, 0.15) is 45.2 Å². The molecule has 0 radical (unpaired) electrons. The second kappa shape index (κ2) is 8.00. The van der Waals surface area contributed by atoms with Crippen LogP contribution in [0.2, 0.25) is 0 Å². The van der Waals surface area contributed by atoms with Gasteiger partial charge in [-0.15, -0.1) is 0 Å². The Balaban J connectivity index is 1.84. The quantitative estimate of drug-likeness (QED) is 0.815. The van der Waals surface area contributed by atoms with Crippen LogP contribution in [0.25, 0.3) is 0 Å². The standard InChI is InChI=1S/C21H27NO2/c1-5-24-19-13-11-18(12-14-19)22-20(23)15-8-16-6-9-17(10-7-16)21(2,3)4/h6-7,9-14H,5,8,15H2,1-4H3,(H,22,23). The molecule has 0 atom stereocenters. The highest BCUT2D eigenvalue weighted by Gasteiger charge is 2.13. The number of nitrogens with one attached hydrogen (secondary N) is 1. The Morgan fingerprint density at radius 3 is 2.17 bits per heavy atom. The van der Waals surface area contributed by atoms with E-state index in [0.29, 0.717) is 13.0 Å². The van der Waals surface area contributed by atoms with Crippen molar-refractivity contribution in [1.29, 1.82) is 0 Å². The third-order valence-corrected chi connectivity index (χ3v) is 3.91. The molecule has 0 saturated heterocycles. The zero-order chi connectivity index (χ0) is 17.6. The molecule has 24 heavy (non-hydrogen) atoms. The van der Waals surface area contributed by atoms with Crippen LogP contribution in [0.5, 0.6) is 5.75 Å². The Kier molecular flexibility index (Phi) is 6.02. The molecule has 1 amide bonds. The lowest BCUT2D eigenvalue weighted by Crippen LogP contribution is -2.13. The normalized spacial score (nSPS) is 11.2. The number of carbonyl (C=O) groups is 1. The summed E-state index contributed by atoms with van der Waals surface area (Å²) in [5.74, 6) is 0.841. The fourth-order valence-corrected chi connectivity index (χ4v) is 2.45. The van der Waals surface area contributed by atoms with Gasteiger partial charge >= 0.3 is 0 Å². The number of carbonyl (C=O) groups excluding carboxylic acids is 1. The summed E-state index contributed by atoms with van der Waals surface area (Å²) in [5.41, 5.74) is 3.45. The molecule has 0 aliphatic carbocycles. The minimum Gasteiger partial charge on any atom is -0.494 e. The van der Waals surface area contributed by atoms with Crippen molar-refractivity contribution in [1.82, 2.24) is 0 Å². The smallest absolute Gasteiger partial charge is 0.224 e. The van der Waals surface area contributed by atoms with Crippen LogP contribution >= 0.6 is 0 Å². The maximum absolute atomic E-state index is 12.1. The molecule has 0 unspecified atom stereocenters. The number of anilines is 1. The molecule has 128 valence electrons. The van der Waals surface area contributed by atoms with E-state index in [1.165, 1.54) is 11.1 Å². The van der Waals surface area contributed by atoms with E-state index in [-0.39, 0.29) is 11.3 Å². The average molecular weight is 325 g/mol. The number of ether oxygens (including phenoxy) is 1. The Hall–Kier alpha value is -2.29. The molecule has 0 aliphatic heterocycles. The van der Waals surface area contributed by atoms with Crippen LogP contribution in [0, 0.1) is 0 Å². The highest BCUT2D eigenvalue weighted by molar-refractivity contribution is 5.90. The monoisotopic (exact) mass is 325 g/mol. The van der Waals surface area contributed by atoms with Gasteiger partial charge < -0.3 is 10.1 Å². The third kappa shape index (κ3) is 5.41. The molecule has 2 rings (SSSR count). The Morgan fingerprint density at radius 2 is 1.62 bits per heavy atom. The Labute approximate surface area is 145 Å². The molecule has 0 spiro atoms. The summed E-state index contributed by atoms with van der Waals surface area (Å²) in [5, 5.41) is 2.92. The molecular formula is C21H27NO2. The topological polar surface area (TPSA) is 38.3 Å². The van der Waals surface area contributed by atoms with E-state index in [1.54, 1.807) is 0 Å². The fourth-order valence-electron chi connectivity index (χ4n) is 2.45. The van der Waals surface area contributed by atoms with E-state index in [2.05, 4.69) is 50.4 Å². The van der Waals surface area contributed by atoms with Crippen LogP contribution < -0.4 is 10.1 Å². The van der Waals surface area contributed by atoms with Crippen LogP contribution in [0.4, 0.5) is 5.69 Å². The van der Waals surface area contributed by atoms with E-state index in [1.807, 2.05) is 31.2 Å². The van der Waals surface area contributed by atoms with Gasteiger partial charge in [-0.2, -0.15) is 0 Å². The Morgan fingerprint density at radius 1 is 1.00 bits per heavy atom. The second-order valence-corrected chi connectivity index (χ2v) is 6.95. The van der Waals surface area contributed by atoms with E-state index in [9.17, 15) is 4.79 Å². The summed E-state index contributed by atoms with van der Waals surface area (Å²) in [6.07, 6.45) is 1.22. The van der Waals surface area contributed by atoms with Crippen LogP contribution in [0.3, 0.4) is 0 Å². The minimum absolute atomic E-state index is 0.0269. The van der Waals surface area contributed by atoms with Crippen molar-refractivity contribution in [2.24, 2.45) is 0 Å². The number of hydrogen-bond acceptors (Lipinski definition) is 2. The molecule has 0 saturated carbocycles. The zero-order valence-corrected chi connectivity index (χ0v) is 15.1. The van der Waals surface area contributed by atoms with Gasteiger partial charge in [0.05, 0.1) is 6.61 Å². The molecule has 2 aromatic carbocycles. The largest absolute Gasteiger partial charge is 0.494 e. The number of amides is 1. The lowest BCUT2D eigenvalue weighted by atomic mass is 9.86. The summed E-state index contributed by atoms with van der Waals surface area (Å²) in [6.45, 7) is 9.19. The van der Waals surface area contributed by atoms with Gasteiger partial charge in [-0.1, -0.05) is 45.0 Å². The summed E-state index contributed by atoms with van der Waals surface area (Å²) in [6, 6.07) is 16.0. The number of benzene rings is 2. The minimum atomic E-state index is 0.0269. The first-order valence-electron chi connectivity index (χ1n) is 8.50. The summed E-state index contributed by atoms with van der Waals surface area (Å²) in [7, 11) is 0. The van der Waals surface area contributed by atoms with E-state index in [4.69, 9.17) is 4.74 Å². The van der Waals surface area contributed by atoms with E-state index < -0.39 is 0 Å². The number of hydrogen-bond donors (Lipinski definition) is 1. The predicted octanol–water partition coefficient (Wildman–Crippen LogP) is 4.95. The van der Waals surface area contributed by atoms with Crippen LogP contribution in [-0.2, 0) is 16.6 Å². The predicted molar refractivity (Wildman–Crippen MR) is 99.7 cm³/mol. The molecule has 0 aromatic heterocycles. The summed E-state index contributed by atoms with van der Waals surface area (Å²) in [4.78, 5) is 12.1. The van der Waals surface area contributed by atoms with Crippen molar-refractivity contribution >= 4 is 11.6 Å². The van der Waals surface area contributed by atoms with Gasteiger partial charge in [0.2, 0.25) is 5.91 Å². The van der Waals surface area contributed by atoms with Gasteiger partial charge in [-0.25, -0.2) is 0 Å². The van der Waals surface area contributed by atoms with Crippen molar-refractivity contribution in [3.05, 3.63) is 59.7 Å². The first-order chi connectivity index (χ1) is 11.4. The van der Waals surface area contributed by atoms with Gasteiger partial charge in [0.1, 0.15) is 5.75 Å². The molecule has 2 aromatic rings. The van der Waals surface area contributed by atoms with Gasteiger partial charge in [0.15, 0.2) is 0 Å². The van der Waals surface area contributed by atoms with Crippen molar-refractivity contribution in [2.45, 2.75) is 46.0 Å². The highest BCUT2D eigenvalue weighted by Crippen LogP contribution is 2.22. The van der Waals surface area contributed by atoms with Crippen LogP contribution in [0.15, 0.2) is 48.5 Å². The molecule has 0 bridgehead atoms. The Bertz CT molecular complexity index is 652. The second-order valence-electron chi connectivity index (χ2n) is 6.95. The first kappa shape index (κ1) is 18.1. The van der Waals surface area contributed by atoms with Gasteiger partial charge in [-0.05, 0) is 54.2 Å². The fraction of sp³-hybridized carbons (Fsp3) is 0.381. The highest BCUT2D eigenvalue weighted by atomic mass is 16.5. The molecule has 1 N–H and O–H groups in total. The van der Waals surface area contributed by atoms with Crippen molar-refractivity contribution in [2.75, 3.05) is 11.9 Å². The van der Waals surface area contributed by atoms with Crippen molar-refractivity contribution < 1.29 is 9.53 Å². The molecule has 0 fully saturated rings.